The van der Waals surface area contributed by atoms with Gasteiger partial charge in [-0.25, -0.2) is 0 Å². The van der Waals surface area contributed by atoms with Crippen molar-refractivity contribution in [3.8, 4) is 22.5 Å². The van der Waals surface area contributed by atoms with E-state index in [1.807, 2.05) is 61.7 Å². The van der Waals surface area contributed by atoms with E-state index in [0.29, 0.717) is 6.54 Å². The highest BCUT2D eigenvalue weighted by atomic mass is 16.3. The molecule has 4 heteroatoms. The number of nitrogens with zero attached hydrogens (tertiary/aromatic N) is 2. The first-order valence-electron chi connectivity index (χ1n) is 7.91. The van der Waals surface area contributed by atoms with Gasteiger partial charge in [-0.3, -0.25) is 9.78 Å². The summed E-state index contributed by atoms with van der Waals surface area (Å²) in [7, 11) is 0. The number of furan rings is 1. The lowest BCUT2D eigenvalue weighted by Crippen LogP contribution is -2.17. The van der Waals surface area contributed by atoms with Crippen molar-refractivity contribution in [2.24, 2.45) is 0 Å². The second-order valence-corrected chi connectivity index (χ2v) is 5.56. The predicted octanol–water partition coefficient (Wildman–Crippen LogP) is 4.34. The molecule has 0 aliphatic rings. The zero-order valence-corrected chi connectivity index (χ0v) is 13.3. The van der Waals surface area contributed by atoms with Gasteiger partial charge in [0.05, 0.1) is 5.56 Å². The highest BCUT2D eigenvalue weighted by Gasteiger charge is 2.18. The molecule has 0 bridgehead atoms. The van der Waals surface area contributed by atoms with Crippen molar-refractivity contribution in [1.82, 2.24) is 9.55 Å². The standard InChI is InChI=1S/C20H16N2O2/c1-2-22-13-15(10-11-17(22)23)18-19-16(9-6-12-21-19)24-20(18)14-7-4-3-5-8-14/h3-13H,2H2,1H3. The summed E-state index contributed by atoms with van der Waals surface area (Å²) in [6, 6.07) is 17.1. The fraction of sp³-hybridized carbons (Fsp3) is 0.100. The normalized spacial score (nSPS) is 11.0. The fourth-order valence-electron chi connectivity index (χ4n) is 2.92. The third-order valence-corrected chi connectivity index (χ3v) is 4.10. The average molecular weight is 316 g/mol. The largest absolute Gasteiger partial charge is 0.454 e. The molecule has 0 amide bonds. The summed E-state index contributed by atoms with van der Waals surface area (Å²) in [5.74, 6) is 0.769. The van der Waals surface area contributed by atoms with E-state index in [1.54, 1.807) is 16.8 Å². The van der Waals surface area contributed by atoms with Crippen molar-refractivity contribution < 1.29 is 4.42 Å². The quantitative estimate of drug-likeness (QED) is 0.565. The van der Waals surface area contributed by atoms with Crippen molar-refractivity contribution in [1.29, 1.82) is 0 Å². The first-order chi connectivity index (χ1) is 11.8. The lowest BCUT2D eigenvalue weighted by atomic mass is 10.0. The van der Waals surface area contributed by atoms with Gasteiger partial charge in [0.1, 0.15) is 11.3 Å². The molecule has 4 rings (SSSR count). The molecule has 0 fully saturated rings. The van der Waals surface area contributed by atoms with Gasteiger partial charge in [-0.2, -0.15) is 0 Å². The van der Waals surface area contributed by atoms with Gasteiger partial charge in [-0.05, 0) is 25.1 Å². The number of aryl methyl sites for hydroxylation is 1. The van der Waals surface area contributed by atoms with Gasteiger partial charge in [0.15, 0.2) is 5.58 Å². The highest BCUT2D eigenvalue weighted by Crippen LogP contribution is 2.39. The Morgan fingerprint density at radius 3 is 2.62 bits per heavy atom. The molecule has 0 radical (unpaired) electrons. The van der Waals surface area contributed by atoms with E-state index in [0.717, 1.165) is 33.6 Å². The molecule has 118 valence electrons. The number of hydrogen-bond acceptors (Lipinski definition) is 3. The number of aromatic nitrogens is 2. The van der Waals surface area contributed by atoms with Crippen LogP contribution in [0.25, 0.3) is 33.6 Å². The van der Waals surface area contributed by atoms with Gasteiger partial charge in [0.2, 0.25) is 0 Å². The van der Waals surface area contributed by atoms with Crippen LogP contribution in [0.15, 0.2) is 76.2 Å². The van der Waals surface area contributed by atoms with Gasteiger partial charge in [-0.1, -0.05) is 30.3 Å². The smallest absolute Gasteiger partial charge is 0.250 e. The Morgan fingerprint density at radius 1 is 1.00 bits per heavy atom. The van der Waals surface area contributed by atoms with E-state index in [-0.39, 0.29) is 5.56 Å². The van der Waals surface area contributed by atoms with Crippen LogP contribution in [0.5, 0.6) is 0 Å². The zero-order chi connectivity index (χ0) is 16.5. The van der Waals surface area contributed by atoms with E-state index in [1.165, 1.54) is 0 Å². The number of benzene rings is 1. The van der Waals surface area contributed by atoms with Crippen LogP contribution >= 0.6 is 0 Å². The minimum atomic E-state index is -0.0109. The second-order valence-electron chi connectivity index (χ2n) is 5.56. The molecule has 4 nitrogen and oxygen atoms in total. The summed E-state index contributed by atoms with van der Waals surface area (Å²) in [5.41, 5.74) is 4.35. The average Bonchev–Trinajstić information content (AvgIpc) is 3.02. The Bertz CT molecular complexity index is 1060. The fourth-order valence-corrected chi connectivity index (χ4v) is 2.92. The molecule has 4 aromatic rings. The minimum Gasteiger partial charge on any atom is -0.454 e. The number of fused-ring (bicyclic) bond motifs is 1. The van der Waals surface area contributed by atoms with E-state index >= 15 is 0 Å². The molecule has 0 saturated carbocycles. The van der Waals surface area contributed by atoms with Gasteiger partial charge < -0.3 is 8.98 Å². The van der Waals surface area contributed by atoms with Crippen molar-refractivity contribution in [3.63, 3.8) is 0 Å². The van der Waals surface area contributed by atoms with Crippen molar-refractivity contribution in [2.45, 2.75) is 13.5 Å². The molecule has 0 unspecified atom stereocenters. The van der Waals surface area contributed by atoms with Gasteiger partial charge in [-0.15, -0.1) is 0 Å². The van der Waals surface area contributed by atoms with Crippen molar-refractivity contribution in [3.05, 3.63) is 77.3 Å². The lowest BCUT2D eigenvalue weighted by Gasteiger charge is -2.07. The Balaban J connectivity index is 2.05. The zero-order valence-electron chi connectivity index (χ0n) is 13.3. The third kappa shape index (κ3) is 2.33. The molecular formula is C20H16N2O2. The van der Waals surface area contributed by atoms with Gasteiger partial charge in [0, 0.05) is 36.1 Å². The number of hydrogen-bond donors (Lipinski definition) is 0. The Hall–Kier alpha value is -3.14. The topological polar surface area (TPSA) is 48.0 Å². The van der Waals surface area contributed by atoms with E-state index < -0.39 is 0 Å². The lowest BCUT2D eigenvalue weighted by molar-refractivity contribution is 0.632. The van der Waals surface area contributed by atoms with Crippen LogP contribution in [0.2, 0.25) is 0 Å². The molecule has 0 aliphatic carbocycles. The molecule has 24 heavy (non-hydrogen) atoms. The van der Waals surface area contributed by atoms with Crippen LogP contribution < -0.4 is 5.56 Å². The molecule has 0 spiro atoms. The molecule has 0 aliphatic heterocycles. The number of pyridine rings is 2. The summed E-state index contributed by atoms with van der Waals surface area (Å²) < 4.78 is 7.78. The molecule has 0 N–H and O–H groups in total. The maximum Gasteiger partial charge on any atom is 0.250 e. The van der Waals surface area contributed by atoms with E-state index in [4.69, 9.17) is 4.42 Å². The Labute approximate surface area is 139 Å². The first kappa shape index (κ1) is 14.5. The van der Waals surface area contributed by atoms with Crippen LogP contribution in [0.4, 0.5) is 0 Å². The van der Waals surface area contributed by atoms with Crippen LogP contribution in [-0.2, 0) is 6.54 Å². The molecule has 0 atom stereocenters. The van der Waals surface area contributed by atoms with E-state index in [9.17, 15) is 4.79 Å². The molecular weight excluding hydrogens is 300 g/mol. The molecule has 0 saturated heterocycles. The maximum absolute atomic E-state index is 11.9. The Morgan fingerprint density at radius 2 is 1.83 bits per heavy atom. The minimum absolute atomic E-state index is 0.0109. The van der Waals surface area contributed by atoms with Crippen LogP contribution in [0.3, 0.4) is 0 Å². The monoisotopic (exact) mass is 316 g/mol. The summed E-state index contributed by atoms with van der Waals surface area (Å²) in [5, 5.41) is 0. The summed E-state index contributed by atoms with van der Waals surface area (Å²) in [6.07, 6.45) is 3.62. The molecule has 3 aromatic heterocycles. The van der Waals surface area contributed by atoms with Crippen LogP contribution in [-0.4, -0.2) is 9.55 Å². The predicted molar refractivity (Wildman–Crippen MR) is 94.8 cm³/mol. The van der Waals surface area contributed by atoms with Gasteiger partial charge >= 0.3 is 0 Å². The summed E-state index contributed by atoms with van der Waals surface area (Å²) >= 11 is 0. The van der Waals surface area contributed by atoms with E-state index in [2.05, 4.69) is 4.98 Å². The highest BCUT2D eigenvalue weighted by molar-refractivity contribution is 5.99. The number of rotatable bonds is 3. The Kier molecular flexibility index (Phi) is 3.50. The molecule has 1 aromatic carbocycles. The summed E-state index contributed by atoms with van der Waals surface area (Å²) in [6.45, 7) is 2.57. The SMILES string of the molecule is CCn1cc(-c2c(-c3ccccc3)oc3cccnc23)ccc1=O. The third-order valence-electron chi connectivity index (χ3n) is 4.10. The summed E-state index contributed by atoms with van der Waals surface area (Å²) in [4.78, 5) is 16.4. The first-order valence-corrected chi connectivity index (χ1v) is 7.91. The van der Waals surface area contributed by atoms with Crippen LogP contribution in [0, 0.1) is 0 Å². The second kappa shape index (κ2) is 5.81. The maximum atomic E-state index is 11.9. The van der Waals surface area contributed by atoms with Crippen molar-refractivity contribution >= 4 is 11.1 Å². The van der Waals surface area contributed by atoms with Crippen molar-refractivity contribution in [2.75, 3.05) is 0 Å². The van der Waals surface area contributed by atoms with Gasteiger partial charge in [0.25, 0.3) is 5.56 Å². The van der Waals surface area contributed by atoms with Crippen LogP contribution in [0.1, 0.15) is 6.92 Å². The molecule has 3 heterocycles.